The third-order valence-corrected chi connectivity index (χ3v) is 4.19. The van der Waals surface area contributed by atoms with Crippen molar-refractivity contribution >= 4 is 12.2 Å². The average molecular weight is 246 g/mol. The summed E-state index contributed by atoms with van der Waals surface area (Å²) in [6, 6.07) is 15.0. The minimum absolute atomic E-state index is 0.0286. The number of hydrogen-bond donors (Lipinski definition) is 0. The van der Waals surface area contributed by atoms with Crippen molar-refractivity contribution in [3.8, 4) is 11.1 Å². The number of rotatable bonds is 1. The standard InChI is InChI=1S/C19H18/c1-5-16-18-13(2)9-8-11-15(18)14-10-6-7-12-17(14)19(16,3)4/h5-12H,1-2H2,3-4H3. The van der Waals surface area contributed by atoms with Gasteiger partial charge in [-0.25, -0.2) is 0 Å². The highest BCUT2D eigenvalue weighted by Gasteiger charge is 2.31. The van der Waals surface area contributed by atoms with Crippen molar-refractivity contribution in [1.29, 1.82) is 0 Å². The van der Waals surface area contributed by atoms with Gasteiger partial charge in [0.15, 0.2) is 0 Å². The maximum atomic E-state index is 4.20. The highest BCUT2D eigenvalue weighted by molar-refractivity contribution is 5.84. The van der Waals surface area contributed by atoms with E-state index < -0.39 is 0 Å². The molecule has 0 saturated carbocycles. The first kappa shape index (κ1) is 12.0. The van der Waals surface area contributed by atoms with E-state index in [1.807, 2.05) is 6.08 Å². The van der Waals surface area contributed by atoms with Gasteiger partial charge in [-0.3, -0.25) is 0 Å². The van der Waals surface area contributed by atoms with Gasteiger partial charge in [0, 0.05) is 5.41 Å². The van der Waals surface area contributed by atoms with Gasteiger partial charge in [-0.05, 0) is 32.7 Å². The van der Waals surface area contributed by atoms with Gasteiger partial charge in [-0.15, -0.1) is 0 Å². The van der Waals surface area contributed by atoms with Gasteiger partial charge in [0.1, 0.15) is 0 Å². The van der Waals surface area contributed by atoms with Crippen LogP contribution >= 0.6 is 0 Å². The largest absolute Gasteiger partial charge is 0.0987 e. The van der Waals surface area contributed by atoms with Crippen LogP contribution in [0, 0.1) is 0 Å². The lowest BCUT2D eigenvalue weighted by atomic mass is 9.69. The summed E-state index contributed by atoms with van der Waals surface area (Å²) in [5.74, 6) is 0. The fraction of sp³-hybridized carbons (Fsp3) is 0.158. The Balaban J connectivity index is 2.62. The number of allylic oxidation sites excluding steroid dienone is 1. The molecule has 0 saturated heterocycles. The predicted molar refractivity (Wildman–Crippen MR) is 83.3 cm³/mol. The van der Waals surface area contributed by atoms with E-state index in [2.05, 4.69) is 69.5 Å². The Morgan fingerprint density at radius 2 is 1.63 bits per heavy atom. The molecule has 0 aliphatic heterocycles. The normalized spacial score (nSPS) is 15.6. The minimum Gasteiger partial charge on any atom is -0.0987 e. The second kappa shape index (κ2) is 3.96. The van der Waals surface area contributed by atoms with Gasteiger partial charge >= 0.3 is 0 Å². The van der Waals surface area contributed by atoms with Crippen LogP contribution in [0.15, 0.2) is 55.1 Å². The van der Waals surface area contributed by atoms with E-state index in [4.69, 9.17) is 0 Å². The molecular formula is C19H18. The maximum Gasteiger partial charge on any atom is 0.0158 e. The third kappa shape index (κ3) is 1.53. The lowest BCUT2D eigenvalue weighted by molar-refractivity contribution is 0.689. The highest BCUT2D eigenvalue weighted by Crippen LogP contribution is 2.40. The number of benzene rings is 2. The van der Waals surface area contributed by atoms with Crippen LogP contribution < -0.4 is 10.4 Å². The van der Waals surface area contributed by atoms with E-state index in [1.54, 1.807) is 0 Å². The van der Waals surface area contributed by atoms with Crippen molar-refractivity contribution in [3.63, 3.8) is 0 Å². The maximum absolute atomic E-state index is 4.20. The molecule has 19 heavy (non-hydrogen) atoms. The molecule has 2 aromatic carbocycles. The summed E-state index contributed by atoms with van der Waals surface area (Å²) in [5.41, 5.74) is 5.20. The third-order valence-electron chi connectivity index (χ3n) is 4.19. The second-order valence-electron chi connectivity index (χ2n) is 5.63. The van der Waals surface area contributed by atoms with Crippen LogP contribution in [-0.2, 0) is 5.41 Å². The van der Waals surface area contributed by atoms with Crippen LogP contribution in [0.2, 0.25) is 0 Å². The number of hydrogen-bond acceptors (Lipinski definition) is 0. The molecule has 0 heterocycles. The molecule has 0 heteroatoms. The molecule has 3 rings (SSSR count). The van der Waals surface area contributed by atoms with Crippen molar-refractivity contribution < 1.29 is 0 Å². The zero-order valence-corrected chi connectivity index (χ0v) is 11.5. The summed E-state index contributed by atoms with van der Waals surface area (Å²) >= 11 is 0. The Hall–Kier alpha value is -2.08. The summed E-state index contributed by atoms with van der Waals surface area (Å²) in [6.07, 6.45) is 1.99. The van der Waals surface area contributed by atoms with Gasteiger partial charge in [-0.1, -0.05) is 75.5 Å². The van der Waals surface area contributed by atoms with Gasteiger partial charge in [0.25, 0.3) is 0 Å². The summed E-state index contributed by atoms with van der Waals surface area (Å²) < 4.78 is 0. The monoisotopic (exact) mass is 246 g/mol. The number of fused-ring (bicyclic) bond motifs is 3. The SMILES string of the molecule is C=CC1=c2c(cccc2=C)-c2ccccc2C1(C)C. The topological polar surface area (TPSA) is 0 Å². The van der Waals surface area contributed by atoms with Crippen molar-refractivity contribution in [1.82, 2.24) is 0 Å². The van der Waals surface area contributed by atoms with Crippen LogP contribution in [0.3, 0.4) is 0 Å². The van der Waals surface area contributed by atoms with E-state index in [-0.39, 0.29) is 5.41 Å². The van der Waals surface area contributed by atoms with Crippen LogP contribution in [0.4, 0.5) is 0 Å². The summed E-state index contributed by atoms with van der Waals surface area (Å²) in [5, 5.41) is 2.33. The van der Waals surface area contributed by atoms with Crippen molar-refractivity contribution in [2.45, 2.75) is 19.3 Å². The molecule has 0 atom stereocenters. The molecule has 0 radical (unpaired) electrons. The Labute approximate surface area is 114 Å². The van der Waals surface area contributed by atoms with Crippen molar-refractivity contribution in [3.05, 3.63) is 71.1 Å². The molecular weight excluding hydrogens is 228 g/mol. The van der Waals surface area contributed by atoms with E-state index >= 15 is 0 Å². The fourth-order valence-electron chi connectivity index (χ4n) is 3.22. The molecule has 0 fully saturated rings. The van der Waals surface area contributed by atoms with E-state index in [1.165, 1.54) is 27.5 Å². The Morgan fingerprint density at radius 1 is 0.947 bits per heavy atom. The van der Waals surface area contributed by atoms with Gasteiger partial charge < -0.3 is 0 Å². The molecule has 1 aliphatic carbocycles. The first-order chi connectivity index (χ1) is 9.07. The summed E-state index contributed by atoms with van der Waals surface area (Å²) in [4.78, 5) is 0. The molecule has 94 valence electrons. The minimum atomic E-state index is -0.0286. The van der Waals surface area contributed by atoms with Crippen LogP contribution in [0.25, 0.3) is 23.3 Å². The molecule has 0 nitrogen and oxygen atoms in total. The Kier molecular flexibility index (Phi) is 2.50. The lowest BCUT2D eigenvalue weighted by Crippen LogP contribution is -2.38. The van der Waals surface area contributed by atoms with Crippen molar-refractivity contribution in [2.75, 3.05) is 0 Å². The quantitative estimate of drug-likeness (QED) is 0.723. The second-order valence-corrected chi connectivity index (χ2v) is 5.63. The van der Waals surface area contributed by atoms with Crippen LogP contribution in [0.5, 0.6) is 0 Å². The molecule has 0 bridgehead atoms. The van der Waals surface area contributed by atoms with E-state index in [0.29, 0.717) is 0 Å². The molecule has 0 amide bonds. The van der Waals surface area contributed by atoms with Gasteiger partial charge in [0.05, 0.1) is 0 Å². The van der Waals surface area contributed by atoms with Crippen LogP contribution in [0.1, 0.15) is 19.4 Å². The zero-order valence-electron chi connectivity index (χ0n) is 11.5. The fourth-order valence-corrected chi connectivity index (χ4v) is 3.22. The smallest absolute Gasteiger partial charge is 0.0158 e. The molecule has 0 N–H and O–H groups in total. The first-order valence-electron chi connectivity index (χ1n) is 6.62. The molecule has 1 aliphatic rings. The predicted octanol–water partition coefficient (Wildman–Crippen LogP) is 3.39. The van der Waals surface area contributed by atoms with E-state index in [0.717, 1.165) is 5.22 Å². The highest BCUT2D eigenvalue weighted by atomic mass is 14.3. The molecule has 0 aromatic heterocycles. The summed E-state index contributed by atoms with van der Waals surface area (Å²) in [6.45, 7) is 12.8. The van der Waals surface area contributed by atoms with E-state index in [9.17, 15) is 0 Å². The Morgan fingerprint density at radius 3 is 2.37 bits per heavy atom. The average Bonchev–Trinajstić information content (AvgIpc) is 2.40. The first-order valence-corrected chi connectivity index (χ1v) is 6.62. The molecule has 2 aromatic rings. The summed E-state index contributed by atoms with van der Waals surface area (Å²) in [7, 11) is 0. The van der Waals surface area contributed by atoms with Gasteiger partial charge in [-0.2, -0.15) is 0 Å². The Bertz CT molecular complexity index is 776. The molecule has 0 unspecified atom stereocenters. The van der Waals surface area contributed by atoms with Crippen molar-refractivity contribution in [2.24, 2.45) is 0 Å². The lowest BCUT2D eigenvalue weighted by Gasteiger charge is -2.34. The van der Waals surface area contributed by atoms with Crippen LogP contribution in [-0.4, -0.2) is 0 Å². The molecule has 0 spiro atoms. The zero-order chi connectivity index (χ0) is 13.6. The van der Waals surface area contributed by atoms with Gasteiger partial charge in [0.2, 0.25) is 0 Å².